The van der Waals surface area contributed by atoms with Gasteiger partial charge in [-0.15, -0.1) is 0 Å². The van der Waals surface area contributed by atoms with Crippen LogP contribution in [0.15, 0.2) is 11.2 Å². The van der Waals surface area contributed by atoms with Gasteiger partial charge >= 0.3 is 0 Å². The predicted octanol–water partition coefficient (Wildman–Crippen LogP) is 0.916. The summed E-state index contributed by atoms with van der Waals surface area (Å²) < 4.78 is 28.9. The van der Waals surface area contributed by atoms with Crippen LogP contribution in [-0.2, 0) is 17.1 Å². The normalized spacial score (nSPS) is 19.1. The Kier molecular flexibility index (Phi) is 4.51. The van der Waals surface area contributed by atoms with Gasteiger partial charge in [-0.25, -0.2) is 18.1 Å². The van der Waals surface area contributed by atoms with Crippen molar-refractivity contribution in [1.82, 2.24) is 14.3 Å². The summed E-state index contributed by atoms with van der Waals surface area (Å²) in [5.41, 5.74) is 5.79. The number of rotatable bonds is 5. The van der Waals surface area contributed by atoms with Crippen LogP contribution in [0.25, 0.3) is 0 Å². The maximum Gasteiger partial charge on any atom is 0.259 e. The van der Waals surface area contributed by atoms with E-state index in [1.165, 1.54) is 12.6 Å². The lowest BCUT2D eigenvalue weighted by Gasteiger charge is -2.36. The van der Waals surface area contributed by atoms with E-state index >= 15 is 0 Å². The van der Waals surface area contributed by atoms with Gasteiger partial charge in [0.25, 0.3) is 10.0 Å². The van der Waals surface area contributed by atoms with Crippen molar-refractivity contribution in [1.29, 1.82) is 0 Å². The maximum atomic E-state index is 12.3. The smallest absolute Gasteiger partial charge is 0.259 e. The van der Waals surface area contributed by atoms with Crippen LogP contribution in [0.2, 0.25) is 0 Å². The third-order valence-electron chi connectivity index (χ3n) is 4.35. The highest BCUT2D eigenvalue weighted by atomic mass is 32.2. The van der Waals surface area contributed by atoms with Crippen molar-refractivity contribution in [2.24, 2.45) is 18.2 Å². The minimum atomic E-state index is -3.55. The molecule has 0 spiro atoms. The zero-order valence-electron chi connectivity index (χ0n) is 12.2. The van der Waals surface area contributed by atoms with Crippen LogP contribution in [0, 0.1) is 12.3 Å². The summed E-state index contributed by atoms with van der Waals surface area (Å²) in [5.74, 6) is 0.677. The van der Waals surface area contributed by atoms with Crippen LogP contribution < -0.4 is 10.5 Å². The number of aromatic nitrogens is 2. The van der Waals surface area contributed by atoms with Crippen molar-refractivity contribution >= 4 is 10.0 Å². The molecule has 1 aliphatic carbocycles. The Bertz CT molecular complexity index is 539. The molecule has 1 aliphatic rings. The first-order valence-corrected chi connectivity index (χ1v) is 8.57. The largest absolute Gasteiger partial charge is 0.337 e. The number of imidazole rings is 1. The van der Waals surface area contributed by atoms with E-state index in [-0.39, 0.29) is 10.4 Å². The lowest BCUT2D eigenvalue weighted by atomic mass is 9.74. The van der Waals surface area contributed by atoms with Crippen molar-refractivity contribution in [3.63, 3.8) is 0 Å². The minimum absolute atomic E-state index is 0.0838. The molecule has 0 amide bonds. The highest BCUT2D eigenvalue weighted by molar-refractivity contribution is 7.89. The highest BCUT2D eigenvalue weighted by Crippen LogP contribution is 2.34. The molecule has 0 atom stereocenters. The monoisotopic (exact) mass is 300 g/mol. The second kappa shape index (κ2) is 5.83. The number of sulfonamides is 1. The number of hydrogen-bond donors (Lipinski definition) is 2. The summed E-state index contributed by atoms with van der Waals surface area (Å²) in [6.07, 6.45) is 6.99. The molecule has 1 aromatic rings. The Morgan fingerprint density at radius 1 is 1.40 bits per heavy atom. The number of nitrogens with two attached hydrogens (primary N) is 1. The van der Waals surface area contributed by atoms with Crippen LogP contribution in [-0.4, -0.2) is 31.1 Å². The van der Waals surface area contributed by atoms with Gasteiger partial charge in [0.15, 0.2) is 5.03 Å². The van der Waals surface area contributed by atoms with E-state index < -0.39 is 10.0 Å². The molecule has 20 heavy (non-hydrogen) atoms. The quantitative estimate of drug-likeness (QED) is 0.846. The molecule has 0 saturated heterocycles. The second-order valence-corrected chi connectivity index (χ2v) is 7.54. The van der Waals surface area contributed by atoms with Gasteiger partial charge in [-0.05, 0) is 31.7 Å². The van der Waals surface area contributed by atoms with Gasteiger partial charge in [-0.2, -0.15) is 0 Å². The van der Waals surface area contributed by atoms with Gasteiger partial charge in [0.2, 0.25) is 0 Å². The molecule has 1 fully saturated rings. The van der Waals surface area contributed by atoms with E-state index in [0.717, 1.165) is 25.7 Å². The standard InChI is InChI=1S/C13H24N4O2S/c1-11-16-12(8-17(11)2)20(18,19)15-10-13(9-14)6-4-3-5-7-13/h8,15H,3-7,9-10,14H2,1-2H3. The van der Waals surface area contributed by atoms with Crippen LogP contribution in [0.4, 0.5) is 0 Å². The molecule has 1 saturated carbocycles. The zero-order valence-corrected chi connectivity index (χ0v) is 13.0. The molecule has 2 rings (SSSR count). The van der Waals surface area contributed by atoms with Crippen LogP contribution in [0.1, 0.15) is 37.9 Å². The van der Waals surface area contributed by atoms with Gasteiger partial charge in [0, 0.05) is 19.8 Å². The first kappa shape index (κ1) is 15.5. The van der Waals surface area contributed by atoms with Crippen molar-refractivity contribution in [3.8, 4) is 0 Å². The summed E-state index contributed by atoms with van der Waals surface area (Å²) in [4.78, 5) is 4.08. The Balaban J connectivity index is 2.08. The third-order valence-corrected chi connectivity index (χ3v) is 5.62. The van der Waals surface area contributed by atoms with Crippen LogP contribution >= 0.6 is 0 Å². The molecule has 6 nitrogen and oxygen atoms in total. The molecule has 0 radical (unpaired) electrons. The number of nitrogens with one attached hydrogen (secondary N) is 1. The van der Waals surface area contributed by atoms with Gasteiger partial charge < -0.3 is 10.3 Å². The second-order valence-electron chi connectivity index (χ2n) is 5.83. The zero-order chi connectivity index (χ0) is 14.8. The highest BCUT2D eigenvalue weighted by Gasteiger charge is 2.32. The van der Waals surface area contributed by atoms with E-state index in [4.69, 9.17) is 5.73 Å². The van der Waals surface area contributed by atoms with Crippen molar-refractivity contribution < 1.29 is 8.42 Å². The first-order chi connectivity index (χ1) is 9.38. The lowest BCUT2D eigenvalue weighted by molar-refractivity contribution is 0.202. The summed E-state index contributed by atoms with van der Waals surface area (Å²) >= 11 is 0. The number of aryl methyl sites for hydroxylation is 2. The van der Waals surface area contributed by atoms with Crippen LogP contribution in [0.3, 0.4) is 0 Å². The fourth-order valence-corrected chi connectivity index (χ4v) is 3.93. The van der Waals surface area contributed by atoms with Gasteiger partial charge in [0.05, 0.1) is 0 Å². The summed E-state index contributed by atoms with van der Waals surface area (Å²) in [5, 5.41) is 0.0838. The van der Waals surface area contributed by atoms with E-state index in [1.807, 2.05) is 0 Å². The first-order valence-electron chi connectivity index (χ1n) is 7.08. The molecular formula is C13H24N4O2S. The topological polar surface area (TPSA) is 90.0 Å². The Morgan fingerprint density at radius 3 is 2.55 bits per heavy atom. The Morgan fingerprint density at radius 2 is 2.05 bits per heavy atom. The van der Waals surface area contributed by atoms with Gasteiger partial charge in [-0.3, -0.25) is 0 Å². The van der Waals surface area contributed by atoms with Crippen molar-refractivity contribution in [2.75, 3.05) is 13.1 Å². The summed E-state index contributed by atoms with van der Waals surface area (Å²) in [6, 6.07) is 0. The minimum Gasteiger partial charge on any atom is -0.337 e. The third kappa shape index (κ3) is 3.21. The molecular weight excluding hydrogens is 276 g/mol. The molecule has 0 unspecified atom stereocenters. The summed E-state index contributed by atoms with van der Waals surface area (Å²) in [6.45, 7) is 2.71. The molecule has 114 valence electrons. The molecule has 3 N–H and O–H groups in total. The Labute approximate surface area is 120 Å². The average molecular weight is 300 g/mol. The van der Waals surface area contributed by atoms with Crippen molar-refractivity contribution in [2.45, 2.75) is 44.1 Å². The predicted molar refractivity (Wildman–Crippen MR) is 77.7 cm³/mol. The Hall–Kier alpha value is -0.920. The average Bonchev–Trinajstić information content (AvgIpc) is 2.79. The molecule has 7 heteroatoms. The molecule has 0 bridgehead atoms. The van der Waals surface area contributed by atoms with Crippen molar-refractivity contribution in [3.05, 3.63) is 12.0 Å². The van der Waals surface area contributed by atoms with E-state index in [1.54, 1.807) is 18.5 Å². The van der Waals surface area contributed by atoms with Gasteiger partial charge in [-0.1, -0.05) is 19.3 Å². The van der Waals surface area contributed by atoms with Crippen LogP contribution in [0.5, 0.6) is 0 Å². The maximum absolute atomic E-state index is 12.3. The van der Waals surface area contributed by atoms with Gasteiger partial charge in [0.1, 0.15) is 5.82 Å². The summed E-state index contributed by atoms with van der Waals surface area (Å²) in [7, 11) is -1.77. The molecule has 0 aromatic carbocycles. The lowest BCUT2D eigenvalue weighted by Crippen LogP contribution is -2.43. The van der Waals surface area contributed by atoms with E-state index in [9.17, 15) is 8.42 Å². The number of nitrogens with zero attached hydrogens (tertiary/aromatic N) is 2. The van der Waals surface area contributed by atoms with E-state index in [0.29, 0.717) is 18.9 Å². The SMILES string of the molecule is Cc1nc(S(=O)(=O)NCC2(CN)CCCCC2)cn1C. The fourth-order valence-electron chi connectivity index (χ4n) is 2.73. The van der Waals surface area contributed by atoms with E-state index in [2.05, 4.69) is 9.71 Å². The number of hydrogen-bond acceptors (Lipinski definition) is 4. The molecule has 0 aliphatic heterocycles. The molecule has 1 heterocycles. The molecule has 1 aromatic heterocycles. The fraction of sp³-hybridized carbons (Fsp3) is 0.769.